The molecular weight excluding hydrogens is 244 g/mol. The van der Waals surface area contributed by atoms with Crippen LogP contribution in [0.15, 0.2) is 24.3 Å². The zero-order chi connectivity index (χ0) is 14.4. The molecule has 1 aromatic rings. The zero-order valence-electron chi connectivity index (χ0n) is 11.3. The second-order valence-corrected chi connectivity index (χ2v) is 4.89. The van der Waals surface area contributed by atoms with Gasteiger partial charge in [-0.3, -0.25) is 9.59 Å². The van der Waals surface area contributed by atoms with Crippen molar-refractivity contribution in [1.29, 1.82) is 0 Å². The lowest BCUT2D eigenvalue weighted by Gasteiger charge is -2.12. The average Bonchev–Trinajstić information content (AvgIpc) is 2.37. The van der Waals surface area contributed by atoms with E-state index in [0.29, 0.717) is 5.92 Å². The lowest BCUT2D eigenvalue weighted by Crippen LogP contribution is -2.20. The van der Waals surface area contributed by atoms with E-state index in [-0.39, 0.29) is 12.8 Å². The Bertz CT molecular complexity index is 436. The Kier molecular flexibility index (Phi) is 5.55. The summed E-state index contributed by atoms with van der Waals surface area (Å²) in [6, 6.07) is 7.75. The van der Waals surface area contributed by atoms with Gasteiger partial charge in [-0.1, -0.05) is 38.1 Å². The summed E-state index contributed by atoms with van der Waals surface area (Å²) >= 11 is 0. The van der Waals surface area contributed by atoms with Crippen molar-refractivity contribution in [2.75, 3.05) is 0 Å². The number of hydrogen-bond acceptors (Lipinski definition) is 2. The molecule has 0 amide bonds. The Morgan fingerprint density at radius 3 is 2.16 bits per heavy atom. The lowest BCUT2D eigenvalue weighted by atomic mass is 9.93. The van der Waals surface area contributed by atoms with Crippen LogP contribution in [0, 0.1) is 5.92 Å². The van der Waals surface area contributed by atoms with Crippen LogP contribution in [0.3, 0.4) is 0 Å². The van der Waals surface area contributed by atoms with E-state index >= 15 is 0 Å². The molecule has 0 fully saturated rings. The van der Waals surface area contributed by atoms with Gasteiger partial charge in [0.25, 0.3) is 0 Å². The van der Waals surface area contributed by atoms with Gasteiger partial charge >= 0.3 is 11.9 Å². The summed E-state index contributed by atoms with van der Waals surface area (Å²) in [5, 5.41) is 17.7. The van der Waals surface area contributed by atoms with Gasteiger partial charge in [-0.2, -0.15) is 0 Å². The van der Waals surface area contributed by atoms with E-state index in [1.54, 1.807) is 0 Å². The van der Waals surface area contributed by atoms with E-state index in [9.17, 15) is 9.59 Å². The molecular formula is C15H20O4. The first-order valence-corrected chi connectivity index (χ1v) is 6.47. The fourth-order valence-corrected chi connectivity index (χ4v) is 1.96. The molecule has 0 bridgehead atoms. The largest absolute Gasteiger partial charge is 0.481 e. The number of benzene rings is 1. The molecule has 2 N–H and O–H groups in total. The van der Waals surface area contributed by atoms with Gasteiger partial charge in [0.15, 0.2) is 0 Å². The smallest absolute Gasteiger partial charge is 0.307 e. The van der Waals surface area contributed by atoms with Crippen molar-refractivity contribution >= 4 is 11.9 Å². The SMILES string of the molecule is CCC(C)c1ccc(CC(CC(=O)O)C(=O)O)cc1. The molecule has 0 heterocycles. The summed E-state index contributed by atoms with van der Waals surface area (Å²) < 4.78 is 0. The van der Waals surface area contributed by atoms with E-state index in [4.69, 9.17) is 10.2 Å². The molecule has 1 aromatic carbocycles. The molecule has 0 aliphatic carbocycles. The predicted molar refractivity (Wildman–Crippen MR) is 72.2 cm³/mol. The first-order chi connectivity index (χ1) is 8.93. The van der Waals surface area contributed by atoms with Gasteiger partial charge < -0.3 is 10.2 Å². The summed E-state index contributed by atoms with van der Waals surface area (Å²) in [6.07, 6.45) is 0.959. The second kappa shape index (κ2) is 6.92. The second-order valence-electron chi connectivity index (χ2n) is 4.89. The molecule has 0 aliphatic rings. The van der Waals surface area contributed by atoms with E-state index in [0.717, 1.165) is 12.0 Å². The fraction of sp³-hybridized carbons (Fsp3) is 0.467. The first kappa shape index (κ1) is 15.2. The van der Waals surface area contributed by atoms with Crippen molar-refractivity contribution in [3.05, 3.63) is 35.4 Å². The Balaban J connectivity index is 2.75. The van der Waals surface area contributed by atoms with Gasteiger partial charge in [0, 0.05) is 0 Å². The summed E-state index contributed by atoms with van der Waals surface area (Å²) in [7, 11) is 0. The Morgan fingerprint density at radius 1 is 1.16 bits per heavy atom. The van der Waals surface area contributed by atoms with Crippen LogP contribution in [-0.2, 0) is 16.0 Å². The molecule has 2 atom stereocenters. The minimum absolute atomic E-state index is 0.252. The van der Waals surface area contributed by atoms with Gasteiger partial charge in [-0.25, -0.2) is 0 Å². The molecule has 0 radical (unpaired) electrons. The minimum atomic E-state index is -1.08. The molecule has 4 nitrogen and oxygen atoms in total. The molecule has 4 heteroatoms. The van der Waals surface area contributed by atoms with Crippen LogP contribution in [0.1, 0.15) is 43.7 Å². The Hall–Kier alpha value is -1.84. The van der Waals surface area contributed by atoms with Crippen LogP contribution in [0.5, 0.6) is 0 Å². The molecule has 0 aliphatic heterocycles. The van der Waals surface area contributed by atoms with Crippen LogP contribution in [0.4, 0.5) is 0 Å². The third kappa shape index (κ3) is 4.73. The van der Waals surface area contributed by atoms with Crippen LogP contribution >= 0.6 is 0 Å². The van der Waals surface area contributed by atoms with Gasteiger partial charge in [0.2, 0.25) is 0 Å². The molecule has 0 saturated heterocycles. The van der Waals surface area contributed by atoms with Gasteiger partial charge in [-0.15, -0.1) is 0 Å². The maximum atomic E-state index is 11.0. The summed E-state index contributed by atoms with van der Waals surface area (Å²) in [5.41, 5.74) is 2.08. The van der Waals surface area contributed by atoms with Crippen molar-refractivity contribution in [3.8, 4) is 0 Å². The van der Waals surface area contributed by atoms with E-state index in [1.807, 2.05) is 24.3 Å². The van der Waals surface area contributed by atoms with Crippen molar-refractivity contribution in [2.45, 2.75) is 39.0 Å². The van der Waals surface area contributed by atoms with Crippen molar-refractivity contribution in [1.82, 2.24) is 0 Å². The minimum Gasteiger partial charge on any atom is -0.481 e. The van der Waals surface area contributed by atoms with Crippen molar-refractivity contribution < 1.29 is 19.8 Å². The summed E-state index contributed by atoms with van der Waals surface area (Å²) in [4.78, 5) is 21.6. The molecule has 19 heavy (non-hydrogen) atoms. The first-order valence-electron chi connectivity index (χ1n) is 6.47. The fourth-order valence-electron chi connectivity index (χ4n) is 1.96. The highest BCUT2D eigenvalue weighted by atomic mass is 16.4. The highest BCUT2D eigenvalue weighted by Gasteiger charge is 2.21. The van der Waals surface area contributed by atoms with Crippen molar-refractivity contribution in [3.63, 3.8) is 0 Å². The maximum absolute atomic E-state index is 11.0. The van der Waals surface area contributed by atoms with Gasteiger partial charge in [-0.05, 0) is 29.9 Å². The quantitative estimate of drug-likeness (QED) is 0.794. The standard InChI is InChI=1S/C15H20O4/c1-3-10(2)12-6-4-11(5-7-12)8-13(15(18)19)9-14(16)17/h4-7,10,13H,3,8-9H2,1-2H3,(H,16,17)(H,18,19). The van der Waals surface area contributed by atoms with Gasteiger partial charge in [0.1, 0.15) is 0 Å². The highest BCUT2D eigenvalue weighted by Crippen LogP contribution is 2.20. The summed E-state index contributed by atoms with van der Waals surface area (Å²) in [6.45, 7) is 4.26. The van der Waals surface area contributed by atoms with Crippen LogP contribution < -0.4 is 0 Å². The lowest BCUT2D eigenvalue weighted by molar-refractivity contribution is -0.148. The monoisotopic (exact) mass is 264 g/mol. The van der Waals surface area contributed by atoms with E-state index in [1.165, 1.54) is 5.56 Å². The number of carboxylic acid groups (broad SMARTS) is 2. The van der Waals surface area contributed by atoms with Crippen LogP contribution in [0.2, 0.25) is 0 Å². The number of rotatable bonds is 7. The molecule has 0 spiro atoms. The average molecular weight is 264 g/mol. The Labute approximate surface area is 113 Å². The number of aliphatic carboxylic acids is 2. The topological polar surface area (TPSA) is 74.6 Å². The summed E-state index contributed by atoms with van der Waals surface area (Å²) in [5.74, 6) is -2.53. The Morgan fingerprint density at radius 2 is 1.74 bits per heavy atom. The number of carbonyl (C=O) groups is 2. The van der Waals surface area contributed by atoms with E-state index in [2.05, 4.69) is 13.8 Å². The third-order valence-electron chi connectivity index (χ3n) is 3.41. The predicted octanol–water partition coefficient (Wildman–Crippen LogP) is 2.92. The van der Waals surface area contributed by atoms with Crippen molar-refractivity contribution in [2.24, 2.45) is 5.92 Å². The van der Waals surface area contributed by atoms with E-state index < -0.39 is 17.9 Å². The molecule has 2 unspecified atom stereocenters. The molecule has 0 saturated carbocycles. The molecule has 104 valence electrons. The van der Waals surface area contributed by atoms with Crippen LogP contribution in [-0.4, -0.2) is 22.2 Å². The highest BCUT2D eigenvalue weighted by molar-refractivity contribution is 5.78. The third-order valence-corrected chi connectivity index (χ3v) is 3.41. The normalized spacial score (nSPS) is 13.8. The molecule has 1 rings (SSSR count). The van der Waals surface area contributed by atoms with Gasteiger partial charge in [0.05, 0.1) is 12.3 Å². The number of hydrogen-bond donors (Lipinski definition) is 2. The number of carboxylic acids is 2. The maximum Gasteiger partial charge on any atom is 0.307 e. The molecule has 0 aromatic heterocycles. The zero-order valence-corrected chi connectivity index (χ0v) is 11.3. The van der Waals surface area contributed by atoms with Crippen LogP contribution in [0.25, 0.3) is 0 Å².